The van der Waals surface area contributed by atoms with E-state index in [4.69, 9.17) is 16.7 Å². The first kappa shape index (κ1) is 10.3. The molecule has 15 heavy (non-hydrogen) atoms. The van der Waals surface area contributed by atoms with Gasteiger partial charge in [0, 0.05) is 10.6 Å². The Labute approximate surface area is 92.3 Å². The molecule has 0 bridgehead atoms. The van der Waals surface area contributed by atoms with E-state index in [1.54, 1.807) is 13.0 Å². The number of carboxylic acid groups (broad SMARTS) is 1. The van der Waals surface area contributed by atoms with Crippen LogP contribution in [0.15, 0.2) is 12.1 Å². The highest BCUT2D eigenvalue weighted by molar-refractivity contribution is 6.31. The fourth-order valence-corrected chi connectivity index (χ4v) is 1.91. The normalized spacial score (nSPS) is 17.5. The maximum atomic E-state index is 11.1. The Hall–Kier alpha value is -1.22. The van der Waals surface area contributed by atoms with Crippen molar-refractivity contribution in [3.05, 3.63) is 28.3 Å². The van der Waals surface area contributed by atoms with Crippen molar-refractivity contribution < 1.29 is 15.0 Å². The third-order valence-electron chi connectivity index (χ3n) is 3.03. The summed E-state index contributed by atoms with van der Waals surface area (Å²) in [5.74, 6) is -0.785. The quantitative estimate of drug-likeness (QED) is 0.815. The third kappa shape index (κ3) is 1.47. The van der Waals surface area contributed by atoms with Crippen molar-refractivity contribution in [2.24, 2.45) is 0 Å². The van der Waals surface area contributed by atoms with Crippen molar-refractivity contribution >= 4 is 17.6 Å². The standard InChI is InChI=1S/C11H11ClO3/c1-6-8(12)4-7(5-9(6)13)11(2-3-11)10(14)15/h4-5,13H,2-3H2,1H3,(H,14,15). The maximum absolute atomic E-state index is 11.1. The van der Waals surface area contributed by atoms with Crippen LogP contribution in [-0.4, -0.2) is 16.2 Å². The predicted octanol–water partition coefficient (Wildman–Crippen LogP) is 2.47. The monoisotopic (exact) mass is 226 g/mol. The van der Waals surface area contributed by atoms with Gasteiger partial charge >= 0.3 is 5.97 Å². The number of phenols is 1. The van der Waals surface area contributed by atoms with Crippen LogP contribution >= 0.6 is 11.6 Å². The molecule has 1 aromatic carbocycles. The molecule has 0 radical (unpaired) electrons. The molecule has 1 fully saturated rings. The zero-order valence-corrected chi connectivity index (χ0v) is 9.01. The number of benzene rings is 1. The van der Waals surface area contributed by atoms with Crippen LogP contribution in [0.25, 0.3) is 0 Å². The Bertz CT molecular complexity index is 412. The number of aliphatic carboxylic acids is 1. The number of carboxylic acids is 1. The lowest BCUT2D eigenvalue weighted by Crippen LogP contribution is -2.19. The van der Waals surface area contributed by atoms with Gasteiger partial charge in [0.2, 0.25) is 0 Å². The molecule has 4 heteroatoms. The number of aromatic hydroxyl groups is 1. The molecule has 0 aliphatic heterocycles. The molecule has 1 aromatic rings. The van der Waals surface area contributed by atoms with Gasteiger partial charge in [-0.25, -0.2) is 0 Å². The molecule has 80 valence electrons. The van der Waals surface area contributed by atoms with E-state index in [9.17, 15) is 9.90 Å². The molecule has 0 aromatic heterocycles. The molecule has 0 spiro atoms. The summed E-state index contributed by atoms with van der Waals surface area (Å²) >= 11 is 5.90. The van der Waals surface area contributed by atoms with Gasteiger partial charge in [0.25, 0.3) is 0 Å². The zero-order chi connectivity index (χ0) is 11.2. The van der Waals surface area contributed by atoms with Crippen molar-refractivity contribution in [3.63, 3.8) is 0 Å². The van der Waals surface area contributed by atoms with Crippen LogP contribution in [0.5, 0.6) is 5.75 Å². The van der Waals surface area contributed by atoms with Crippen molar-refractivity contribution in [1.29, 1.82) is 0 Å². The van der Waals surface area contributed by atoms with Gasteiger partial charge in [0.1, 0.15) is 5.75 Å². The van der Waals surface area contributed by atoms with Gasteiger partial charge in [-0.15, -0.1) is 0 Å². The number of phenolic OH excluding ortho intramolecular Hbond substituents is 1. The Balaban J connectivity index is 2.51. The SMILES string of the molecule is Cc1c(O)cc(C2(C(=O)O)CC2)cc1Cl. The summed E-state index contributed by atoms with van der Waals surface area (Å²) in [6, 6.07) is 3.14. The first-order valence-corrected chi connectivity index (χ1v) is 5.08. The summed E-state index contributed by atoms with van der Waals surface area (Å²) < 4.78 is 0. The number of hydrogen-bond acceptors (Lipinski definition) is 2. The molecular formula is C11H11ClO3. The molecule has 1 aliphatic rings. The lowest BCUT2D eigenvalue weighted by Gasteiger charge is -2.12. The molecule has 2 rings (SSSR count). The fraction of sp³-hybridized carbons (Fsp3) is 0.364. The maximum Gasteiger partial charge on any atom is 0.314 e. The van der Waals surface area contributed by atoms with Crippen LogP contribution in [0, 0.1) is 6.92 Å². The van der Waals surface area contributed by atoms with E-state index in [0.717, 1.165) is 0 Å². The van der Waals surface area contributed by atoms with E-state index in [-0.39, 0.29) is 5.75 Å². The number of halogens is 1. The van der Waals surface area contributed by atoms with Crippen molar-refractivity contribution in [1.82, 2.24) is 0 Å². The van der Waals surface area contributed by atoms with Gasteiger partial charge in [0.15, 0.2) is 0 Å². The van der Waals surface area contributed by atoms with Crippen LogP contribution in [-0.2, 0) is 10.2 Å². The smallest absolute Gasteiger partial charge is 0.314 e. The Morgan fingerprint density at radius 2 is 2.07 bits per heavy atom. The predicted molar refractivity (Wildman–Crippen MR) is 56.4 cm³/mol. The van der Waals surface area contributed by atoms with Gasteiger partial charge in [-0.05, 0) is 37.5 Å². The second-order valence-electron chi connectivity index (χ2n) is 3.99. The Morgan fingerprint density at radius 3 is 2.47 bits per heavy atom. The lowest BCUT2D eigenvalue weighted by atomic mass is 9.95. The summed E-state index contributed by atoms with van der Waals surface area (Å²) in [4.78, 5) is 11.1. The molecule has 0 atom stereocenters. The fourth-order valence-electron chi connectivity index (χ4n) is 1.69. The minimum Gasteiger partial charge on any atom is -0.508 e. The van der Waals surface area contributed by atoms with Gasteiger partial charge in [-0.1, -0.05) is 11.6 Å². The van der Waals surface area contributed by atoms with Gasteiger partial charge in [-0.3, -0.25) is 4.79 Å². The van der Waals surface area contributed by atoms with Crippen LogP contribution in [0.4, 0.5) is 0 Å². The minimum atomic E-state index is -0.846. The van der Waals surface area contributed by atoms with Gasteiger partial charge in [-0.2, -0.15) is 0 Å². The highest BCUT2D eigenvalue weighted by Gasteiger charge is 2.52. The summed E-state index contributed by atoms with van der Waals surface area (Å²) in [6.07, 6.45) is 1.22. The second-order valence-corrected chi connectivity index (χ2v) is 4.40. The summed E-state index contributed by atoms with van der Waals surface area (Å²) in [5.41, 5.74) is 0.374. The minimum absolute atomic E-state index is 0.0602. The molecule has 2 N–H and O–H groups in total. The Kier molecular flexibility index (Phi) is 2.15. The topological polar surface area (TPSA) is 57.5 Å². The number of hydrogen-bond donors (Lipinski definition) is 2. The third-order valence-corrected chi connectivity index (χ3v) is 3.42. The molecule has 0 heterocycles. The van der Waals surface area contributed by atoms with Crippen LogP contribution in [0.2, 0.25) is 5.02 Å². The van der Waals surface area contributed by atoms with Crippen molar-refractivity contribution in [2.75, 3.05) is 0 Å². The zero-order valence-electron chi connectivity index (χ0n) is 8.25. The highest BCUT2D eigenvalue weighted by atomic mass is 35.5. The molecule has 0 unspecified atom stereocenters. The molecule has 1 saturated carbocycles. The van der Waals surface area contributed by atoms with E-state index in [2.05, 4.69) is 0 Å². The molecule has 3 nitrogen and oxygen atoms in total. The Morgan fingerprint density at radius 1 is 1.47 bits per heavy atom. The average Bonchev–Trinajstić information content (AvgIpc) is 2.93. The first-order chi connectivity index (χ1) is 6.97. The number of rotatable bonds is 2. The van der Waals surface area contributed by atoms with E-state index >= 15 is 0 Å². The van der Waals surface area contributed by atoms with Crippen LogP contribution in [0.1, 0.15) is 24.0 Å². The van der Waals surface area contributed by atoms with Crippen molar-refractivity contribution in [3.8, 4) is 5.75 Å². The van der Waals surface area contributed by atoms with Gasteiger partial charge < -0.3 is 10.2 Å². The molecular weight excluding hydrogens is 216 g/mol. The molecule has 0 saturated heterocycles. The van der Waals surface area contributed by atoms with E-state index in [1.807, 2.05) is 0 Å². The summed E-state index contributed by atoms with van der Waals surface area (Å²) in [6.45, 7) is 1.70. The lowest BCUT2D eigenvalue weighted by molar-refractivity contribution is -0.140. The highest BCUT2D eigenvalue weighted by Crippen LogP contribution is 2.50. The average molecular weight is 227 g/mol. The number of carbonyl (C=O) groups is 1. The summed E-state index contributed by atoms with van der Waals surface area (Å²) in [5, 5.41) is 19.1. The molecule has 1 aliphatic carbocycles. The van der Waals surface area contributed by atoms with E-state index in [1.165, 1.54) is 6.07 Å². The van der Waals surface area contributed by atoms with Crippen molar-refractivity contribution in [2.45, 2.75) is 25.2 Å². The first-order valence-electron chi connectivity index (χ1n) is 4.70. The molecule has 0 amide bonds. The van der Waals surface area contributed by atoms with Crippen LogP contribution in [0.3, 0.4) is 0 Å². The second kappa shape index (κ2) is 3.14. The largest absolute Gasteiger partial charge is 0.508 e. The van der Waals surface area contributed by atoms with E-state index < -0.39 is 11.4 Å². The van der Waals surface area contributed by atoms with E-state index in [0.29, 0.717) is 29.0 Å². The van der Waals surface area contributed by atoms with Gasteiger partial charge in [0.05, 0.1) is 5.41 Å². The van der Waals surface area contributed by atoms with Crippen LogP contribution < -0.4 is 0 Å². The summed E-state index contributed by atoms with van der Waals surface area (Å²) in [7, 11) is 0.